The van der Waals surface area contributed by atoms with Gasteiger partial charge in [-0.25, -0.2) is 0 Å². The minimum atomic E-state index is 0.667. The Morgan fingerprint density at radius 2 is 2.08 bits per heavy atom. The largest absolute Gasteiger partial charge is 0.298 e. The fourth-order valence-electron chi connectivity index (χ4n) is 0.768. The lowest BCUT2D eigenvalue weighted by Crippen LogP contribution is -1.79. The Morgan fingerprint density at radius 3 is 2.58 bits per heavy atom. The fourth-order valence-corrected chi connectivity index (χ4v) is 1.35. The first-order valence-corrected chi connectivity index (χ1v) is 4.47. The lowest BCUT2D eigenvalue weighted by Gasteiger charge is -1.96. The molecule has 0 saturated carbocycles. The first-order chi connectivity index (χ1) is 5.86. The monoisotopic (exact) mass is 176 g/mol. The summed E-state index contributed by atoms with van der Waals surface area (Å²) in [7, 11) is 0. The van der Waals surface area contributed by atoms with E-state index >= 15 is 0 Å². The second-order valence-corrected chi connectivity index (χ2v) is 3.23. The Balaban J connectivity index is 2.66. The van der Waals surface area contributed by atoms with E-state index in [-0.39, 0.29) is 0 Å². The van der Waals surface area contributed by atoms with E-state index in [9.17, 15) is 4.79 Å². The Hall–Kier alpha value is -1.20. The van der Waals surface area contributed by atoms with E-state index in [2.05, 4.69) is 5.92 Å². The number of thioether (sulfide) groups is 1. The molecule has 0 atom stereocenters. The summed E-state index contributed by atoms with van der Waals surface area (Å²) in [5, 5.41) is 0. The fraction of sp³-hybridized carbons (Fsp3) is 0.100. The summed E-state index contributed by atoms with van der Waals surface area (Å²) >= 11 is 1.59. The second kappa shape index (κ2) is 4.63. The van der Waals surface area contributed by atoms with Crippen LogP contribution >= 0.6 is 11.8 Å². The maximum absolute atomic E-state index is 10.3. The maximum atomic E-state index is 10.3. The van der Waals surface area contributed by atoms with Crippen molar-refractivity contribution in [3.63, 3.8) is 0 Å². The molecule has 0 bridgehead atoms. The van der Waals surface area contributed by atoms with Crippen molar-refractivity contribution in [2.45, 2.75) is 4.90 Å². The van der Waals surface area contributed by atoms with E-state index in [4.69, 9.17) is 6.42 Å². The molecule has 1 aromatic carbocycles. The van der Waals surface area contributed by atoms with Crippen LogP contribution in [-0.2, 0) is 0 Å². The van der Waals surface area contributed by atoms with Crippen molar-refractivity contribution in [3.8, 4) is 12.3 Å². The quantitative estimate of drug-likeness (QED) is 0.399. The third-order valence-corrected chi connectivity index (χ3v) is 2.25. The average molecular weight is 176 g/mol. The zero-order valence-corrected chi connectivity index (χ0v) is 7.30. The molecule has 1 aromatic rings. The molecule has 0 spiro atoms. The van der Waals surface area contributed by atoms with Gasteiger partial charge < -0.3 is 0 Å². The van der Waals surface area contributed by atoms with Gasteiger partial charge in [0, 0.05) is 10.5 Å². The van der Waals surface area contributed by atoms with Gasteiger partial charge in [-0.05, 0) is 12.1 Å². The van der Waals surface area contributed by atoms with E-state index in [0.717, 1.165) is 11.2 Å². The number of carbonyl (C=O) groups is 1. The van der Waals surface area contributed by atoms with Crippen LogP contribution in [0.25, 0.3) is 0 Å². The van der Waals surface area contributed by atoms with Crippen LogP contribution in [0.5, 0.6) is 0 Å². The predicted molar refractivity (Wildman–Crippen MR) is 51.4 cm³/mol. The summed E-state index contributed by atoms with van der Waals surface area (Å²) in [6, 6.07) is 7.36. The molecule has 0 radical (unpaired) electrons. The Bertz CT molecular complexity index is 295. The van der Waals surface area contributed by atoms with Gasteiger partial charge in [0.2, 0.25) is 0 Å². The van der Waals surface area contributed by atoms with Gasteiger partial charge in [-0.2, -0.15) is 0 Å². The van der Waals surface area contributed by atoms with Crippen LogP contribution < -0.4 is 0 Å². The lowest BCUT2D eigenvalue weighted by atomic mass is 10.2. The van der Waals surface area contributed by atoms with Crippen molar-refractivity contribution in [1.82, 2.24) is 0 Å². The van der Waals surface area contributed by atoms with Crippen LogP contribution in [-0.4, -0.2) is 12.0 Å². The highest BCUT2D eigenvalue weighted by Crippen LogP contribution is 2.16. The summed E-state index contributed by atoms with van der Waals surface area (Å²) in [4.78, 5) is 11.4. The first kappa shape index (κ1) is 8.89. The molecular formula is C10H8OS. The molecule has 1 rings (SSSR count). The highest BCUT2D eigenvalue weighted by molar-refractivity contribution is 7.99. The van der Waals surface area contributed by atoms with E-state index in [1.54, 1.807) is 23.9 Å². The molecule has 12 heavy (non-hydrogen) atoms. The normalized spacial score (nSPS) is 8.92. The average Bonchev–Trinajstić information content (AvgIpc) is 2.15. The smallest absolute Gasteiger partial charge is 0.150 e. The van der Waals surface area contributed by atoms with Crippen LogP contribution in [0.2, 0.25) is 0 Å². The zero-order valence-electron chi connectivity index (χ0n) is 6.49. The van der Waals surface area contributed by atoms with Crippen molar-refractivity contribution in [2.75, 3.05) is 5.75 Å². The van der Waals surface area contributed by atoms with Gasteiger partial charge in [0.15, 0.2) is 0 Å². The highest BCUT2D eigenvalue weighted by Gasteiger charge is 1.92. The number of aldehydes is 1. The number of hydrogen-bond acceptors (Lipinski definition) is 2. The third kappa shape index (κ3) is 2.44. The van der Waals surface area contributed by atoms with Crippen LogP contribution in [0, 0.1) is 12.3 Å². The molecule has 0 aliphatic heterocycles. The third-order valence-electron chi connectivity index (χ3n) is 1.34. The number of rotatable bonds is 3. The van der Waals surface area contributed by atoms with Gasteiger partial charge in [0.05, 0.1) is 5.75 Å². The highest BCUT2D eigenvalue weighted by atomic mass is 32.2. The van der Waals surface area contributed by atoms with Gasteiger partial charge in [0.25, 0.3) is 0 Å². The van der Waals surface area contributed by atoms with Gasteiger partial charge in [-0.3, -0.25) is 4.79 Å². The van der Waals surface area contributed by atoms with Crippen LogP contribution in [0.3, 0.4) is 0 Å². The van der Waals surface area contributed by atoms with E-state index in [1.807, 2.05) is 12.1 Å². The number of carbonyl (C=O) groups excluding carboxylic acids is 1. The molecule has 0 aliphatic rings. The number of benzene rings is 1. The molecule has 0 aromatic heterocycles. The summed E-state index contributed by atoms with van der Waals surface area (Å²) in [6.45, 7) is 0. The molecule has 0 aliphatic carbocycles. The van der Waals surface area contributed by atoms with Crippen molar-refractivity contribution in [1.29, 1.82) is 0 Å². The first-order valence-electron chi connectivity index (χ1n) is 3.48. The Kier molecular flexibility index (Phi) is 3.43. The second-order valence-electron chi connectivity index (χ2n) is 2.18. The standard InChI is InChI=1S/C10H8OS/c1-2-7-12-10-5-3-9(8-11)4-6-10/h1,3-6,8H,7H2. The minimum absolute atomic E-state index is 0.667. The molecular weight excluding hydrogens is 168 g/mol. The Labute approximate surface area is 76.2 Å². The summed E-state index contributed by atoms with van der Waals surface area (Å²) in [6.07, 6.45) is 5.93. The topological polar surface area (TPSA) is 17.1 Å². The van der Waals surface area contributed by atoms with Crippen LogP contribution in [0.15, 0.2) is 29.2 Å². The van der Waals surface area contributed by atoms with Gasteiger partial charge in [-0.15, -0.1) is 18.2 Å². The van der Waals surface area contributed by atoms with Crippen molar-refractivity contribution < 1.29 is 4.79 Å². The molecule has 2 heteroatoms. The molecule has 0 amide bonds. The predicted octanol–water partition coefficient (Wildman–Crippen LogP) is 2.22. The van der Waals surface area contributed by atoms with Crippen molar-refractivity contribution >= 4 is 18.0 Å². The van der Waals surface area contributed by atoms with Crippen LogP contribution in [0.4, 0.5) is 0 Å². The zero-order chi connectivity index (χ0) is 8.81. The number of hydrogen-bond donors (Lipinski definition) is 0. The van der Waals surface area contributed by atoms with E-state index < -0.39 is 0 Å². The SMILES string of the molecule is C#CCSc1ccc(C=O)cc1. The van der Waals surface area contributed by atoms with Gasteiger partial charge in [-0.1, -0.05) is 18.1 Å². The molecule has 1 nitrogen and oxygen atoms in total. The minimum Gasteiger partial charge on any atom is -0.298 e. The van der Waals surface area contributed by atoms with Crippen LogP contribution in [0.1, 0.15) is 10.4 Å². The van der Waals surface area contributed by atoms with Crippen molar-refractivity contribution in [3.05, 3.63) is 29.8 Å². The molecule has 0 N–H and O–H groups in total. The van der Waals surface area contributed by atoms with Crippen molar-refractivity contribution in [2.24, 2.45) is 0 Å². The maximum Gasteiger partial charge on any atom is 0.150 e. The Morgan fingerprint density at radius 1 is 1.42 bits per heavy atom. The number of terminal acetylenes is 1. The van der Waals surface area contributed by atoms with E-state index in [1.165, 1.54) is 0 Å². The molecule has 0 fully saturated rings. The van der Waals surface area contributed by atoms with Gasteiger partial charge in [0.1, 0.15) is 6.29 Å². The van der Waals surface area contributed by atoms with Gasteiger partial charge >= 0.3 is 0 Å². The molecule has 0 saturated heterocycles. The lowest BCUT2D eigenvalue weighted by molar-refractivity contribution is 0.112. The molecule has 60 valence electrons. The summed E-state index contributed by atoms with van der Waals surface area (Å²) < 4.78 is 0. The van der Waals surface area contributed by atoms with E-state index in [0.29, 0.717) is 11.3 Å². The molecule has 0 heterocycles. The molecule has 0 unspecified atom stereocenters. The summed E-state index contributed by atoms with van der Waals surface area (Å²) in [5.41, 5.74) is 0.694. The summed E-state index contributed by atoms with van der Waals surface area (Å²) in [5.74, 6) is 3.21.